The van der Waals surface area contributed by atoms with Gasteiger partial charge in [-0.25, -0.2) is 0 Å². The molecule has 0 aliphatic rings. The second kappa shape index (κ2) is 7.51. The van der Waals surface area contributed by atoms with E-state index in [1.54, 1.807) is 0 Å². The summed E-state index contributed by atoms with van der Waals surface area (Å²) in [4.78, 5) is 2.21. The summed E-state index contributed by atoms with van der Waals surface area (Å²) in [6, 6.07) is 8.46. The second-order valence-electron chi connectivity index (χ2n) is 4.10. The molecule has 1 aromatic rings. The first-order valence-corrected chi connectivity index (χ1v) is 6.77. The minimum atomic E-state index is 0.326. The molecule has 1 rings (SSSR count). The molecule has 0 aliphatic heterocycles. The van der Waals surface area contributed by atoms with E-state index in [1.165, 1.54) is 5.56 Å². The lowest BCUT2D eigenvalue weighted by atomic mass is 10.1. The van der Waals surface area contributed by atoms with Gasteiger partial charge < -0.3 is 10.2 Å². The van der Waals surface area contributed by atoms with Gasteiger partial charge in [-0.05, 0) is 37.4 Å². The van der Waals surface area contributed by atoms with E-state index in [0.717, 1.165) is 17.3 Å². The molecule has 0 saturated heterocycles. The van der Waals surface area contributed by atoms with Crippen LogP contribution < -0.4 is 5.32 Å². The van der Waals surface area contributed by atoms with Gasteiger partial charge in [-0.3, -0.25) is 0 Å². The molecule has 0 aliphatic carbocycles. The van der Waals surface area contributed by atoms with Crippen LogP contribution in [-0.2, 0) is 6.42 Å². The third-order valence-electron chi connectivity index (χ3n) is 2.72. The molecule has 1 atom stereocenters. The maximum atomic E-state index is 3.50. The molecule has 0 heterocycles. The first-order valence-electron chi connectivity index (χ1n) is 5.97. The molecule has 0 spiro atoms. The van der Waals surface area contributed by atoms with Crippen LogP contribution in [0, 0.1) is 0 Å². The Balaban J connectivity index is 2.66. The van der Waals surface area contributed by atoms with Crippen molar-refractivity contribution in [3.63, 3.8) is 0 Å². The van der Waals surface area contributed by atoms with Crippen LogP contribution in [0.1, 0.15) is 18.9 Å². The van der Waals surface area contributed by atoms with Crippen LogP contribution >= 0.6 is 15.9 Å². The van der Waals surface area contributed by atoms with E-state index in [2.05, 4.69) is 76.7 Å². The number of nitrogens with zero attached hydrogens (tertiary/aromatic N) is 1. The van der Waals surface area contributed by atoms with Crippen LogP contribution in [0.3, 0.4) is 0 Å². The summed E-state index contributed by atoms with van der Waals surface area (Å²) in [6.45, 7) is 2.15. The van der Waals surface area contributed by atoms with Gasteiger partial charge in [-0.15, -0.1) is 0 Å². The standard InChI is InChI=1S/C14H21BrN2/c1-4-5-9-17(3)14(16-2)11-12-7-6-8-13(15)10-12/h5-10,14,16H,4,11H2,1-3H3/b9-5-. The molecule has 17 heavy (non-hydrogen) atoms. The van der Waals surface area contributed by atoms with Gasteiger partial charge in [-0.1, -0.05) is 41.1 Å². The third kappa shape index (κ3) is 4.92. The van der Waals surface area contributed by atoms with Crippen LogP contribution in [0.2, 0.25) is 0 Å². The lowest BCUT2D eigenvalue weighted by molar-refractivity contribution is 0.288. The number of allylic oxidation sites excluding steroid dienone is 1. The maximum absolute atomic E-state index is 3.50. The molecule has 1 aromatic carbocycles. The van der Waals surface area contributed by atoms with Crippen molar-refractivity contribution < 1.29 is 0 Å². The Bertz CT molecular complexity index is 363. The first-order chi connectivity index (χ1) is 8.17. The van der Waals surface area contributed by atoms with E-state index in [0.29, 0.717) is 6.17 Å². The first kappa shape index (κ1) is 14.3. The smallest absolute Gasteiger partial charge is 0.0825 e. The number of halogens is 1. The molecule has 3 heteroatoms. The van der Waals surface area contributed by atoms with Gasteiger partial charge in [-0.2, -0.15) is 0 Å². The molecular formula is C14H21BrN2. The van der Waals surface area contributed by atoms with Gasteiger partial charge in [0.1, 0.15) is 0 Å². The molecule has 0 fully saturated rings. The number of hydrogen-bond acceptors (Lipinski definition) is 2. The fraction of sp³-hybridized carbons (Fsp3) is 0.429. The predicted molar refractivity (Wildman–Crippen MR) is 77.9 cm³/mol. The highest BCUT2D eigenvalue weighted by Crippen LogP contribution is 2.14. The van der Waals surface area contributed by atoms with Crippen LogP contribution in [-0.4, -0.2) is 25.2 Å². The summed E-state index contributed by atoms with van der Waals surface area (Å²) in [7, 11) is 4.10. The summed E-state index contributed by atoms with van der Waals surface area (Å²) >= 11 is 3.50. The Morgan fingerprint density at radius 2 is 2.24 bits per heavy atom. The summed E-state index contributed by atoms with van der Waals surface area (Å²) in [5.41, 5.74) is 1.33. The van der Waals surface area contributed by atoms with Crippen LogP contribution in [0.25, 0.3) is 0 Å². The zero-order valence-corrected chi connectivity index (χ0v) is 12.4. The van der Waals surface area contributed by atoms with Crippen LogP contribution in [0.15, 0.2) is 41.0 Å². The Morgan fingerprint density at radius 1 is 1.47 bits per heavy atom. The zero-order valence-electron chi connectivity index (χ0n) is 10.8. The van der Waals surface area contributed by atoms with Crippen LogP contribution in [0.4, 0.5) is 0 Å². The third-order valence-corrected chi connectivity index (χ3v) is 3.21. The van der Waals surface area contributed by atoms with E-state index >= 15 is 0 Å². The molecule has 0 saturated carbocycles. The lowest BCUT2D eigenvalue weighted by Gasteiger charge is -2.26. The fourth-order valence-corrected chi connectivity index (χ4v) is 2.16. The van der Waals surface area contributed by atoms with Crippen molar-refractivity contribution >= 4 is 15.9 Å². The number of nitrogens with one attached hydrogen (secondary N) is 1. The van der Waals surface area contributed by atoms with E-state index in [-0.39, 0.29) is 0 Å². The molecule has 0 amide bonds. The maximum Gasteiger partial charge on any atom is 0.0825 e. The molecule has 0 aromatic heterocycles. The SMILES string of the molecule is CC/C=C\N(C)C(Cc1cccc(Br)c1)NC. The van der Waals surface area contributed by atoms with Gasteiger partial charge in [0, 0.05) is 17.9 Å². The fourth-order valence-electron chi connectivity index (χ4n) is 1.71. The Labute approximate surface area is 113 Å². The van der Waals surface area contributed by atoms with Crippen molar-refractivity contribution in [2.45, 2.75) is 25.9 Å². The van der Waals surface area contributed by atoms with E-state index in [4.69, 9.17) is 0 Å². The highest BCUT2D eigenvalue weighted by Gasteiger charge is 2.09. The zero-order chi connectivity index (χ0) is 12.7. The molecule has 1 unspecified atom stereocenters. The van der Waals surface area contributed by atoms with Gasteiger partial charge in [0.05, 0.1) is 6.17 Å². The summed E-state index contributed by atoms with van der Waals surface area (Å²) < 4.78 is 1.14. The van der Waals surface area contributed by atoms with E-state index < -0.39 is 0 Å². The molecular weight excluding hydrogens is 276 g/mol. The molecule has 0 radical (unpaired) electrons. The van der Waals surface area contributed by atoms with Crippen molar-refractivity contribution in [2.75, 3.05) is 14.1 Å². The van der Waals surface area contributed by atoms with Crippen molar-refractivity contribution in [1.29, 1.82) is 0 Å². The minimum absolute atomic E-state index is 0.326. The minimum Gasteiger partial charge on any atom is -0.365 e. The largest absolute Gasteiger partial charge is 0.365 e. The Kier molecular flexibility index (Phi) is 6.30. The number of likely N-dealkylation sites (N-methyl/N-ethyl adjacent to an activating group) is 2. The average Bonchev–Trinajstić information content (AvgIpc) is 2.33. The average molecular weight is 297 g/mol. The van der Waals surface area contributed by atoms with E-state index in [9.17, 15) is 0 Å². The van der Waals surface area contributed by atoms with Crippen molar-refractivity contribution in [2.24, 2.45) is 0 Å². The van der Waals surface area contributed by atoms with Crippen molar-refractivity contribution in [3.05, 3.63) is 46.6 Å². The number of benzene rings is 1. The van der Waals surface area contributed by atoms with Crippen molar-refractivity contribution in [1.82, 2.24) is 10.2 Å². The van der Waals surface area contributed by atoms with E-state index in [1.807, 2.05) is 7.05 Å². The molecule has 1 N–H and O–H groups in total. The molecule has 2 nitrogen and oxygen atoms in total. The summed E-state index contributed by atoms with van der Waals surface area (Å²) in [6.07, 6.45) is 6.69. The Hall–Kier alpha value is -0.800. The lowest BCUT2D eigenvalue weighted by Crippen LogP contribution is -2.40. The summed E-state index contributed by atoms with van der Waals surface area (Å²) in [5.74, 6) is 0. The van der Waals surface area contributed by atoms with Gasteiger partial charge in [0.25, 0.3) is 0 Å². The van der Waals surface area contributed by atoms with Gasteiger partial charge in [0.2, 0.25) is 0 Å². The topological polar surface area (TPSA) is 15.3 Å². The molecule has 94 valence electrons. The van der Waals surface area contributed by atoms with Crippen molar-refractivity contribution in [3.8, 4) is 0 Å². The van der Waals surface area contributed by atoms with Crippen LogP contribution in [0.5, 0.6) is 0 Å². The molecule has 0 bridgehead atoms. The summed E-state index contributed by atoms with van der Waals surface area (Å²) in [5, 5.41) is 3.34. The Morgan fingerprint density at radius 3 is 2.82 bits per heavy atom. The predicted octanol–water partition coefficient (Wildman–Crippen LogP) is 3.39. The quantitative estimate of drug-likeness (QED) is 0.810. The second-order valence-corrected chi connectivity index (χ2v) is 5.01. The highest BCUT2D eigenvalue weighted by atomic mass is 79.9. The monoisotopic (exact) mass is 296 g/mol. The normalized spacial score (nSPS) is 12.9. The highest BCUT2D eigenvalue weighted by molar-refractivity contribution is 9.10. The number of rotatable bonds is 6. The van der Waals surface area contributed by atoms with Gasteiger partial charge >= 0.3 is 0 Å². The number of hydrogen-bond donors (Lipinski definition) is 1. The van der Waals surface area contributed by atoms with Gasteiger partial charge in [0.15, 0.2) is 0 Å².